The topological polar surface area (TPSA) is 43.1 Å². The van der Waals surface area contributed by atoms with Crippen LogP contribution in [-0.2, 0) is 10.8 Å². The molecule has 2 aromatic carbocycles. The number of hydrogen-bond donors (Lipinski definition) is 1. The van der Waals surface area contributed by atoms with Gasteiger partial charge in [0.25, 0.3) is 0 Å². The monoisotopic (exact) mass is 259 g/mol. The Morgan fingerprint density at radius 2 is 1.33 bits per heavy atom. The van der Waals surface area contributed by atoms with E-state index >= 15 is 0 Å². The van der Waals surface area contributed by atoms with Crippen LogP contribution in [0.25, 0.3) is 0 Å². The van der Waals surface area contributed by atoms with Crippen LogP contribution in [0.4, 0.5) is 0 Å². The van der Waals surface area contributed by atoms with Gasteiger partial charge >= 0.3 is 0 Å². The van der Waals surface area contributed by atoms with Crippen molar-refractivity contribution in [1.29, 1.82) is 0 Å². The Labute approximate surface area is 110 Å². The first-order valence-corrected chi connectivity index (χ1v) is 7.50. The lowest BCUT2D eigenvalue weighted by Gasteiger charge is -2.22. The number of hydrogen-bond acceptors (Lipinski definition) is 2. The van der Waals surface area contributed by atoms with Crippen LogP contribution in [0.5, 0.6) is 0 Å². The van der Waals surface area contributed by atoms with Crippen molar-refractivity contribution in [3.63, 3.8) is 0 Å². The third-order valence-electron chi connectivity index (χ3n) is 3.00. The zero-order valence-corrected chi connectivity index (χ0v) is 11.1. The molecule has 3 unspecified atom stereocenters. The van der Waals surface area contributed by atoms with Gasteiger partial charge < -0.3 is 5.73 Å². The standard InChI is InChI=1S/C15H17NOS/c1-18(17)15(13-10-6-3-7-11-13)14(16)12-8-4-2-5-9-12/h2-11,14-15H,16H2,1H3. The molecule has 0 aromatic heterocycles. The first kappa shape index (κ1) is 13.0. The summed E-state index contributed by atoms with van der Waals surface area (Å²) in [6.07, 6.45) is 1.71. The highest BCUT2D eigenvalue weighted by Gasteiger charge is 2.24. The summed E-state index contributed by atoms with van der Waals surface area (Å²) in [5.74, 6) is 0. The second-order valence-electron chi connectivity index (χ2n) is 4.27. The van der Waals surface area contributed by atoms with E-state index in [1.165, 1.54) is 0 Å². The molecule has 18 heavy (non-hydrogen) atoms. The molecule has 2 N–H and O–H groups in total. The van der Waals surface area contributed by atoms with Crippen LogP contribution < -0.4 is 5.73 Å². The van der Waals surface area contributed by atoms with Crippen molar-refractivity contribution in [2.24, 2.45) is 5.73 Å². The van der Waals surface area contributed by atoms with Gasteiger partial charge in [-0.1, -0.05) is 60.7 Å². The first-order valence-electron chi connectivity index (χ1n) is 5.88. The molecule has 0 aliphatic heterocycles. The van der Waals surface area contributed by atoms with E-state index in [2.05, 4.69) is 0 Å². The van der Waals surface area contributed by atoms with E-state index in [4.69, 9.17) is 5.73 Å². The van der Waals surface area contributed by atoms with Crippen LogP contribution in [0.15, 0.2) is 60.7 Å². The van der Waals surface area contributed by atoms with Crippen molar-refractivity contribution in [1.82, 2.24) is 0 Å². The van der Waals surface area contributed by atoms with E-state index in [1.807, 2.05) is 60.7 Å². The summed E-state index contributed by atoms with van der Waals surface area (Å²) in [6.45, 7) is 0. The Kier molecular flexibility index (Phi) is 4.28. The highest BCUT2D eigenvalue weighted by molar-refractivity contribution is 7.84. The van der Waals surface area contributed by atoms with Gasteiger partial charge in [0.15, 0.2) is 0 Å². The summed E-state index contributed by atoms with van der Waals surface area (Å²) in [5.41, 5.74) is 8.32. The van der Waals surface area contributed by atoms with Gasteiger partial charge in [0.2, 0.25) is 0 Å². The third kappa shape index (κ3) is 2.86. The van der Waals surface area contributed by atoms with E-state index in [9.17, 15) is 4.21 Å². The van der Waals surface area contributed by atoms with E-state index in [0.717, 1.165) is 11.1 Å². The minimum absolute atomic E-state index is 0.173. The predicted octanol–water partition coefficient (Wildman–Crippen LogP) is 2.81. The lowest BCUT2D eigenvalue weighted by molar-refractivity contribution is 0.642. The molecule has 3 heteroatoms. The summed E-state index contributed by atoms with van der Waals surface area (Å²) < 4.78 is 12.0. The maximum absolute atomic E-state index is 12.0. The van der Waals surface area contributed by atoms with Crippen LogP contribution in [0.3, 0.4) is 0 Å². The molecule has 0 bridgehead atoms. The van der Waals surface area contributed by atoms with Crippen molar-refractivity contribution in [3.05, 3.63) is 71.8 Å². The van der Waals surface area contributed by atoms with Gasteiger partial charge in [0, 0.05) is 23.1 Å². The van der Waals surface area contributed by atoms with Crippen molar-refractivity contribution >= 4 is 10.8 Å². The SMILES string of the molecule is CS(=O)C(c1ccccc1)C(N)c1ccccc1. The van der Waals surface area contributed by atoms with E-state index in [-0.39, 0.29) is 11.3 Å². The molecule has 94 valence electrons. The lowest BCUT2D eigenvalue weighted by atomic mass is 9.99. The minimum Gasteiger partial charge on any atom is -0.323 e. The molecule has 2 nitrogen and oxygen atoms in total. The van der Waals surface area contributed by atoms with Crippen molar-refractivity contribution < 1.29 is 4.21 Å². The van der Waals surface area contributed by atoms with E-state index in [0.29, 0.717) is 0 Å². The quantitative estimate of drug-likeness (QED) is 0.917. The van der Waals surface area contributed by atoms with Gasteiger partial charge in [-0.25, -0.2) is 0 Å². The molecule has 0 saturated heterocycles. The third-order valence-corrected chi connectivity index (χ3v) is 4.28. The summed E-state index contributed by atoms with van der Waals surface area (Å²) in [5, 5.41) is -0.173. The fourth-order valence-electron chi connectivity index (χ4n) is 2.10. The smallest absolute Gasteiger partial charge is 0.0786 e. The molecule has 0 radical (unpaired) electrons. The Morgan fingerprint density at radius 1 is 0.889 bits per heavy atom. The Morgan fingerprint density at radius 3 is 1.78 bits per heavy atom. The molecule has 0 spiro atoms. The maximum Gasteiger partial charge on any atom is 0.0786 e. The normalized spacial score (nSPS) is 15.9. The number of nitrogens with two attached hydrogens (primary N) is 1. The molecule has 0 fully saturated rings. The molecule has 0 amide bonds. The number of benzene rings is 2. The average Bonchev–Trinajstić information content (AvgIpc) is 2.40. The van der Waals surface area contributed by atoms with E-state index < -0.39 is 10.8 Å². The Balaban J connectivity index is 2.35. The minimum atomic E-state index is -1.01. The first-order chi connectivity index (χ1) is 8.70. The molecule has 0 heterocycles. The predicted molar refractivity (Wildman–Crippen MR) is 76.6 cm³/mol. The largest absolute Gasteiger partial charge is 0.323 e. The molecule has 0 saturated carbocycles. The fraction of sp³-hybridized carbons (Fsp3) is 0.200. The molecule has 2 rings (SSSR count). The molecular formula is C15H17NOS. The highest BCUT2D eigenvalue weighted by Crippen LogP contribution is 2.31. The summed E-state index contributed by atoms with van der Waals surface area (Å²) in [7, 11) is -1.01. The van der Waals surface area contributed by atoms with Gasteiger partial charge in [0.1, 0.15) is 0 Å². The van der Waals surface area contributed by atoms with Gasteiger partial charge in [-0.2, -0.15) is 0 Å². The van der Waals surface area contributed by atoms with Crippen molar-refractivity contribution in [2.75, 3.05) is 6.26 Å². The van der Waals surface area contributed by atoms with Crippen LogP contribution in [-0.4, -0.2) is 10.5 Å². The fourth-order valence-corrected chi connectivity index (χ4v) is 3.21. The Hall–Kier alpha value is -1.45. The molecule has 3 atom stereocenters. The van der Waals surface area contributed by atoms with Crippen LogP contribution in [0.2, 0.25) is 0 Å². The van der Waals surface area contributed by atoms with E-state index in [1.54, 1.807) is 6.26 Å². The molecule has 2 aromatic rings. The summed E-state index contributed by atoms with van der Waals surface area (Å²) >= 11 is 0. The molecular weight excluding hydrogens is 242 g/mol. The lowest BCUT2D eigenvalue weighted by Crippen LogP contribution is -2.22. The van der Waals surface area contributed by atoms with Gasteiger partial charge in [-0.05, 0) is 11.1 Å². The highest BCUT2D eigenvalue weighted by atomic mass is 32.2. The van der Waals surface area contributed by atoms with Crippen LogP contribution in [0, 0.1) is 0 Å². The van der Waals surface area contributed by atoms with Gasteiger partial charge in [0.05, 0.1) is 5.25 Å². The number of rotatable bonds is 4. The second kappa shape index (κ2) is 5.94. The zero-order chi connectivity index (χ0) is 13.0. The zero-order valence-electron chi connectivity index (χ0n) is 10.3. The van der Waals surface area contributed by atoms with Crippen LogP contribution in [0.1, 0.15) is 22.4 Å². The van der Waals surface area contributed by atoms with Crippen LogP contribution >= 0.6 is 0 Å². The Bertz CT molecular complexity index is 513. The van der Waals surface area contributed by atoms with Gasteiger partial charge in [-0.15, -0.1) is 0 Å². The average molecular weight is 259 g/mol. The van der Waals surface area contributed by atoms with Crippen molar-refractivity contribution in [3.8, 4) is 0 Å². The summed E-state index contributed by atoms with van der Waals surface area (Å²) in [4.78, 5) is 0. The summed E-state index contributed by atoms with van der Waals surface area (Å²) in [6, 6.07) is 19.4. The van der Waals surface area contributed by atoms with Crippen molar-refractivity contribution in [2.45, 2.75) is 11.3 Å². The molecule has 0 aliphatic carbocycles. The second-order valence-corrected chi connectivity index (χ2v) is 5.77. The van der Waals surface area contributed by atoms with Gasteiger partial charge in [-0.3, -0.25) is 4.21 Å². The molecule has 0 aliphatic rings. The maximum atomic E-state index is 12.0.